The number of rotatable bonds is 3. The molecule has 0 heterocycles. The van der Waals surface area contributed by atoms with E-state index in [1.807, 2.05) is 20.8 Å². The van der Waals surface area contributed by atoms with E-state index in [0.29, 0.717) is 0 Å². The van der Waals surface area contributed by atoms with E-state index in [-0.39, 0.29) is 17.7 Å². The Morgan fingerprint density at radius 3 is 2.15 bits per heavy atom. The van der Waals surface area contributed by atoms with Gasteiger partial charge in [-0.05, 0) is 5.41 Å². The first-order valence-electron chi connectivity index (χ1n) is 4.06. The van der Waals surface area contributed by atoms with Gasteiger partial charge in [-0.25, -0.2) is 8.42 Å². The first-order valence-corrected chi connectivity index (χ1v) is 5.67. The molecule has 0 saturated heterocycles. The van der Waals surface area contributed by atoms with Gasteiger partial charge in [-0.2, -0.15) is 4.31 Å². The quantitative estimate of drug-likeness (QED) is 0.640. The Balaban J connectivity index is 4.53. The number of hydrogen-bond donors (Lipinski definition) is 0. The summed E-state index contributed by atoms with van der Waals surface area (Å²) < 4.78 is 24.3. The molecule has 0 fully saturated rings. The topological polar surface area (TPSA) is 37.4 Å². The summed E-state index contributed by atoms with van der Waals surface area (Å²) in [4.78, 5) is 0. The number of nitrogens with zero attached hydrogens (tertiary/aromatic N) is 1. The normalized spacial score (nSPS) is 12.9. The van der Waals surface area contributed by atoms with Gasteiger partial charge < -0.3 is 0 Å². The Morgan fingerprint density at radius 1 is 1.38 bits per heavy atom. The van der Waals surface area contributed by atoms with Gasteiger partial charge in [0.15, 0.2) is 0 Å². The molecule has 0 aliphatic heterocycles. The summed E-state index contributed by atoms with van der Waals surface area (Å²) in [7, 11) is -1.69. The molecule has 0 spiro atoms. The van der Waals surface area contributed by atoms with Crippen molar-refractivity contribution in [3.63, 3.8) is 0 Å². The molecule has 0 aromatic rings. The van der Waals surface area contributed by atoms with E-state index >= 15 is 0 Å². The number of sulfonamides is 1. The fourth-order valence-corrected chi connectivity index (χ4v) is 2.47. The fourth-order valence-electron chi connectivity index (χ4n) is 0.884. The molecule has 0 amide bonds. The van der Waals surface area contributed by atoms with E-state index in [9.17, 15) is 8.42 Å². The second-order valence-corrected chi connectivity index (χ2v) is 6.35. The molecule has 0 saturated carbocycles. The summed E-state index contributed by atoms with van der Waals surface area (Å²) >= 11 is 0. The molecular formula is C9H17NO2S. The average Bonchev–Trinajstić information content (AvgIpc) is 1.82. The fraction of sp³-hybridized carbons (Fsp3) is 0.778. The minimum absolute atomic E-state index is 0.123. The highest BCUT2D eigenvalue weighted by Gasteiger charge is 2.24. The first-order chi connectivity index (χ1) is 5.69. The van der Waals surface area contributed by atoms with Crippen molar-refractivity contribution in [1.82, 2.24) is 4.31 Å². The zero-order chi connectivity index (χ0) is 10.7. The lowest BCUT2D eigenvalue weighted by Gasteiger charge is -2.22. The number of terminal acetylenes is 1. The van der Waals surface area contributed by atoms with Gasteiger partial charge in [0, 0.05) is 7.05 Å². The molecule has 13 heavy (non-hydrogen) atoms. The van der Waals surface area contributed by atoms with Gasteiger partial charge in [-0.1, -0.05) is 26.7 Å². The van der Waals surface area contributed by atoms with Gasteiger partial charge in [-0.3, -0.25) is 0 Å². The van der Waals surface area contributed by atoms with Crippen molar-refractivity contribution in [1.29, 1.82) is 0 Å². The molecule has 0 atom stereocenters. The molecule has 0 aliphatic rings. The van der Waals surface area contributed by atoms with Crippen molar-refractivity contribution in [3.05, 3.63) is 0 Å². The Bertz CT molecular complexity index is 293. The van der Waals surface area contributed by atoms with Gasteiger partial charge >= 0.3 is 0 Å². The molecule has 0 radical (unpaired) electrons. The second kappa shape index (κ2) is 4.12. The molecule has 0 unspecified atom stereocenters. The predicted octanol–water partition coefficient (Wildman–Crippen LogP) is 0.927. The van der Waals surface area contributed by atoms with Crippen LogP contribution in [0.2, 0.25) is 0 Å². The third-order valence-electron chi connectivity index (χ3n) is 1.40. The molecule has 3 nitrogen and oxygen atoms in total. The maximum Gasteiger partial charge on any atom is 0.215 e. The molecule has 0 aromatic heterocycles. The van der Waals surface area contributed by atoms with Crippen LogP contribution in [-0.2, 0) is 10.0 Å². The van der Waals surface area contributed by atoms with E-state index in [1.165, 1.54) is 11.4 Å². The Kier molecular flexibility index (Phi) is 3.95. The smallest absolute Gasteiger partial charge is 0.212 e. The summed E-state index contributed by atoms with van der Waals surface area (Å²) in [6.45, 7) is 5.79. The lowest BCUT2D eigenvalue weighted by atomic mass is 10.0. The van der Waals surface area contributed by atoms with E-state index in [2.05, 4.69) is 5.92 Å². The van der Waals surface area contributed by atoms with Crippen molar-refractivity contribution in [2.45, 2.75) is 20.8 Å². The summed E-state index contributed by atoms with van der Waals surface area (Å²) in [5, 5.41) is 0. The van der Waals surface area contributed by atoms with Gasteiger partial charge in [0.05, 0.1) is 12.3 Å². The van der Waals surface area contributed by atoms with Crippen molar-refractivity contribution in [2.24, 2.45) is 5.41 Å². The van der Waals surface area contributed by atoms with Crippen molar-refractivity contribution >= 4 is 10.0 Å². The van der Waals surface area contributed by atoms with E-state index in [4.69, 9.17) is 6.42 Å². The summed E-state index contributed by atoms with van der Waals surface area (Å²) in [6, 6.07) is 0. The lowest BCUT2D eigenvalue weighted by molar-refractivity contribution is 0.434. The lowest BCUT2D eigenvalue weighted by Crippen LogP contribution is -2.34. The largest absolute Gasteiger partial charge is 0.215 e. The van der Waals surface area contributed by atoms with Gasteiger partial charge in [0.25, 0.3) is 0 Å². The van der Waals surface area contributed by atoms with Crippen LogP contribution in [0.3, 0.4) is 0 Å². The van der Waals surface area contributed by atoms with E-state index < -0.39 is 10.0 Å². The van der Waals surface area contributed by atoms with Crippen LogP contribution in [-0.4, -0.2) is 32.1 Å². The third-order valence-corrected chi connectivity index (χ3v) is 3.71. The van der Waals surface area contributed by atoms with Crippen LogP contribution in [0.5, 0.6) is 0 Å². The zero-order valence-corrected chi connectivity index (χ0v) is 9.48. The van der Waals surface area contributed by atoms with Crippen molar-refractivity contribution < 1.29 is 8.42 Å². The van der Waals surface area contributed by atoms with Crippen molar-refractivity contribution in [2.75, 3.05) is 19.3 Å². The monoisotopic (exact) mass is 203 g/mol. The van der Waals surface area contributed by atoms with Gasteiger partial charge in [-0.15, -0.1) is 6.42 Å². The van der Waals surface area contributed by atoms with Crippen LogP contribution < -0.4 is 0 Å². The molecule has 0 aliphatic carbocycles. The van der Waals surface area contributed by atoms with Crippen LogP contribution in [0.15, 0.2) is 0 Å². The molecule has 0 aromatic carbocycles. The Hall–Kier alpha value is -0.530. The van der Waals surface area contributed by atoms with Crippen molar-refractivity contribution in [3.8, 4) is 12.3 Å². The molecular weight excluding hydrogens is 186 g/mol. The van der Waals surface area contributed by atoms with Crippen LogP contribution in [0, 0.1) is 17.8 Å². The minimum atomic E-state index is -3.19. The van der Waals surface area contributed by atoms with Gasteiger partial charge in [0.1, 0.15) is 0 Å². The predicted molar refractivity (Wildman–Crippen MR) is 54.7 cm³/mol. The number of hydrogen-bond acceptors (Lipinski definition) is 2. The van der Waals surface area contributed by atoms with E-state index in [0.717, 1.165) is 0 Å². The van der Waals surface area contributed by atoms with Crippen LogP contribution in [0.4, 0.5) is 0 Å². The van der Waals surface area contributed by atoms with Crippen LogP contribution in [0.1, 0.15) is 20.8 Å². The highest BCUT2D eigenvalue weighted by molar-refractivity contribution is 7.89. The van der Waals surface area contributed by atoms with Gasteiger partial charge in [0.2, 0.25) is 10.0 Å². The molecule has 4 heteroatoms. The maximum absolute atomic E-state index is 11.6. The molecule has 0 N–H and O–H groups in total. The first kappa shape index (κ1) is 12.5. The summed E-state index contributed by atoms with van der Waals surface area (Å²) in [6.07, 6.45) is 5.03. The van der Waals surface area contributed by atoms with Crippen LogP contribution in [0.25, 0.3) is 0 Å². The van der Waals surface area contributed by atoms with Crippen LogP contribution >= 0.6 is 0 Å². The SMILES string of the molecule is C#CCN(C)S(=O)(=O)CC(C)(C)C. The Labute approximate surface area is 81.2 Å². The molecule has 0 bridgehead atoms. The molecule has 76 valence electrons. The zero-order valence-electron chi connectivity index (χ0n) is 8.66. The standard InChI is InChI=1S/C9H17NO2S/c1-6-7-10(5)13(11,12)8-9(2,3)4/h1H,7-8H2,2-5H3. The summed E-state index contributed by atoms with van der Waals surface area (Å²) in [5.41, 5.74) is -0.234. The van der Waals surface area contributed by atoms with E-state index in [1.54, 1.807) is 0 Å². The molecule has 0 rings (SSSR count). The third kappa shape index (κ3) is 4.91. The minimum Gasteiger partial charge on any atom is -0.212 e. The Morgan fingerprint density at radius 2 is 1.85 bits per heavy atom. The second-order valence-electron chi connectivity index (χ2n) is 4.28. The summed E-state index contributed by atoms with van der Waals surface area (Å²) in [5.74, 6) is 2.43. The maximum atomic E-state index is 11.6. The average molecular weight is 203 g/mol. The highest BCUT2D eigenvalue weighted by Crippen LogP contribution is 2.17. The highest BCUT2D eigenvalue weighted by atomic mass is 32.2.